The summed E-state index contributed by atoms with van der Waals surface area (Å²) in [6.45, 7) is 10.0. The lowest BCUT2D eigenvalue weighted by atomic mass is 9.74. The molecule has 6 nitrogen and oxygen atoms in total. The zero-order valence-electron chi connectivity index (χ0n) is 36.2. The van der Waals surface area contributed by atoms with Crippen molar-refractivity contribution in [2.24, 2.45) is 34.0 Å². The second-order valence-corrected chi connectivity index (χ2v) is 19.2. The summed E-state index contributed by atoms with van der Waals surface area (Å²) in [5, 5.41) is 7.41. The maximum atomic E-state index is 12.3. The van der Waals surface area contributed by atoms with Crippen LogP contribution in [-0.2, 0) is 47.9 Å². The largest absolute Gasteiger partial charge is 0.465 e. The monoisotopic (exact) mass is 866 g/mol. The van der Waals surface area contributed by atoms with Crippen molar-refractivity contribution in [2.75, 3.05) is 19.8 Å². The highest BCUT2D eigenvalue weighted by Gasteiger charge is 2.57. The van der Waals surface area contributed by atoms with Gasteiger partial charge in [0.25, 0.3) is 0 Å². The molecule has 3 heterocycles. The summed E-state index contributed by atoms with van der Waals surface area (Å²) in [7, 11) is 0. The lowest BCUT2D eigenvalue weighted by Crippen LogP contribution is -2.32. The molecule has 6 aromatic carbocycles. The molecule has 0 radical (unpaired) electrons. The molecule has 1 saturated carbocycles. The van der Waals surface area contributed by atoms with Crippen LogP contribution in [0.4, 0.5) is 0 Å². The minimum Gasteiger partial charge on any atom is -0.465 e. The van der Waals surface area contributed by atoms with Crippen molar-refractivity contribution in [3.8, 4) is 0 Å². The molecule has 6 atom stereocenters. The summed E-state index contributed by atoms with van der Waals surface area (Å²) in [6, 6.07) is 44.5. The molecular weight excluding hydrogens is 805 g/mol. The number of hydrogen-bond acceptors (Lipinski definition) is 6. The van der Waals surface area contributed by atoms with Crippen molar-refractivity contribution in [1.29, 1.82) is 0 Å². The number of benzene rings is 6. The van der Waals surface area contributed by atoms with E-state index in [9.17, 15) is 14.4 Å². The van der Waals surface area contributed by atoms with Crippen molar-refractivity contribution in [1.82, 2.24) is 0 Å². The topological polar surface area (TPSA) is 78.9 Å². The molecule has 334 valence electrons. The molecule has 6 heteroatoms. The second kappa shape index (κ2) is 18.0. The number of carbonyl (C=O) groups excluding carboxylic acids is 3. The Kier molecular flexibility index (Phi) is 12.5. The van der Waals surface area contributed by atoms with Crippen molar-refractivity contribution < 1.29 is 28.6 Å². The van der Waals surface area contributed by atoms with Crippen LogP contribution in [0.5, 0.6) is 0 Å². The summed E-state index contributed by atoms with van der Waals surface area (Å²) < 4.78 is 16.0. The van der Waals surface area contributed by atoms with E-state index in [1.807, 2.05) is 12.1 Å². The van der Waals surface area contributed by atoms with Gasteiger partial charge in [0.2, 0.25) is 0 Å². The number of esters is 3. The Bertz CT molecular complexity index is 2890. The number of fused-ring (bicyclic) bond motifs is 6. The lowest BCUT2D eigenvalue weighted by molar-refractivity contribution is -0.147. The van der Waals surface area contributed by atoms with E-state index in [0.717, 1.165) is 44.9 Å². The Hall–Kier alpha value is -6.27. The van der Waals surface area contributed by atoms with Crippen molar-refractivity contribution in [3.63, 3.8) is 0 Å². The maximum Gasteiger partial charge on any atom is 0.316 e. The first-order valence-corrected chi connectivity index (χ1v) is 22.5. The number of rotatable bonds is 6. The van der Waals surface area contributed by atoms with Crippen molar-refractivity contribution >= 4 is 50.2 Å². The van der Waals surface area contributed by atoms with Gasteiger partial charge in [0, 0.05) is 17.8 Å². The van der Waals surface area contributed by atoms with Gasteiger partial charge < -0.3 is 14.2 Å². The van der Waals surface area contributed by atoms with Crippen LogP contribution < -0.4 is 0 Å². The standard InChI is InChI=1S/3C19H18O2.2CH4/c3*1-13-8-17-12-21-18(20)19(17,10-13)11-14-6-7-15-4-2-3-5-16(15)9-14;;/h2-7,9-10,17H,8,11-12H2,1H3;2-9,17H,10-12H2,1H3;2-7,9,17H,1,8,10-12H2;2*1H4. The van der Waals surface area contributed by atoms with E-state index in [1.54, 1.807) is 0 Å². The van der Waals surface area contributed by atoms with Crippen molar-refractivity contribution in [2.45, 2.75) is 73.6 Å². The molecule has 0 bridgehead atoms. The minimum absolute atomic E-state index is 0. The molecule has 3 aliphatic heterocycles. The van der Waals surface area contributed by atoms with E-state index in [2.05, 4.69) is 148 Å². The van der Waals surface area contributed by atoms with Crippen molar-refractivity contribution in [3.05, 3.63) is 180 Å². The zero-order chi connectivity index (χ0) is 43.3. The van der Waals surface area contributed by atoms with Gasteiger partial charge in [0.1, 0.15) is 0 Å². The molecule has 3 aliphatic carbocycles. The molecule has 12 rings (SSSR count). The Morgan fingerprint density at radius 3 is 1.54 bits per heavy atom. The first-order chi connectivity index (χ1) is 30.5. The SMILES string of the molecule is C.C.C=C1CC2COC(=O)C2(Cc2ccc3ccccc3c2)C1.CC1=CC2(Cc3ccc4ccccc4c3)C(=O)OCC2C1.CC1=CC2COC(=O)C2(Cc2ccc3ccccc3c2)C1. The van der Waals surface area contributed by atoms with Gasteiger partial charge >= 0.3 is 17.9 Å². The van der Waals surface area contributed by atoms with Gasteiger partial charge in [-0.05, 0) is 108 Å². The first-order valence-electron chi connectivity index (χ1n) is 22.5. The first kappa shape index (κ1) is 45.3. The highest BCUT2D eigenvalue weighted by Crippen LogP contribution is 2.53. The van der Waals surface area contributed by atoms with Crippen LogP contribution in [0, 0.1) is 34.0 Å². The smallest absolute Gasteiger partial charge is 0.316 e. The van der Waals surface area contributed by atoms with E-state index in [0.29, 0.717) is 31.7 Å². The highest BCUT2D eigenvalue weighted by molar-refractivity contribution is 5.87. The molecule has 6 aromatic rings. The van der Waals surface area contributed by atoms with Crippen LogP contribution in [-0.4, -0.2) is 37.7 Å². The van der Waals surface area contributed by atoms with Gasteiger partial charge in [0.15, 0.2) is 0 Å². The third-order valence-corrected chi connectivity index (χ3v) is 14.9. The zero-order valence-corrected chi connectivity index (χ0v) is 36.2. The van der Waals surface area contributed by atoms with E-state index in [1.165, 1.54) is 65.7 Å². The molecule has 65 heavy (non-hydrogen) atoms. The van der Waals surface area contributed by atoms with Gasteiger partial charge in [-0.25, -0.2) is 0 Å². The molecule has 0 aromatic heterocycles. The van der Waals surface area contributed by atoms with Crippen LogP contribution in [0.2, 0.25) is 0 Å². The van der Waals surface area contributed by atoms with Gasteiger partial charge in [-0.1, -0.05) is 178 Å². The average Bonchev–Trinajstić information content (AvgIpc) is 4.09. The number of allylic oxidation sites excluding steroid dienone is 3. The van der Waals surface area contributed by atoms with Crippen LogP contribution in [0.15, 0.2) is 163 Å². The molecular formula is C59H62O6. The van der Waals surface area contributed by atoms with E-state index < -0.39 is 5.41 Å². The van der Waals surface area contributed by atoms with E-state index >= 15 is 0 Å². The van der Waals surface area contributed by atoms with E-state index in [4.69, 9.17) is 14.2 Å². The fourth-order valence-corrected chi connectivity index (χ4v) is 11.8. The summed E-state index contributed by atoms with van der Waals surface area (Å²) in [4.78, 5) is 37.0. The predicted octanol–water partition coefficient (Wildman–Crippen LogP) is 12.9. The van der Waals surface area contributed by atoms with Gasteiger partial charge in [-0.15, -0.1) is 0 Å². The molecule has 0 amide bonds. The number of hydrogen-bond donors (Lipinski definition) is 0. The minimum atomic E-state index is -0.424. The summed E-state index contributed by atoms with van der Waals surface area (Å²) >= 11 is 0. The number of cyclic esters (lactones) is 3. The number of carbonyl (C=O) groups is 3. The molecule has 3 saturated heterocycles. The lowest BCUT2D eigenvalue weighted by Gasteiger charge is -2.25. The predicted molar refractivity (Wildman–Crippen MR) is 262 cm³/mol. The fraction of sp³-hybridized carbons (Fsp3) is 0.339. The Balaban J connectivity index is 0.000000131. The molecule has 0 N–H and O–H groups in total. The maximum absolute atomic E-state index is 12.3. The highest BCUT2D eigenvalue weighted by atomic mass is 16.5. The van der Waals surface area contributed by atoms with Gasteiger partial charge in [-0.2, -0.15) is 0 Å². The van der Waals surface area contributed by atoms with Crippen LogP contribution in [0.1, 0.15) is 71.1 Å². The van der Waals surface area contributed by atoms with Gasteiger partial charge in [0.05, 0.1) is 36.1 Å². The normalized spacial score (nSPS) is 26.8. The Labute approximate surface area is 384 Å². The fourth-order valence-electron chi connectivity index (χ4n) is 11.8. The van der Waals surface area contributed by atoms with Crippen LogP contribution >= 0.6 is 0 Å². The molecule has 6 aliphatic rings. The third-order valence-electron chi connectivity index (χ3n) is 14.9. The number of ether oxygens (including phenoxy) is 3. The second-order valence-electron chi connectivity index (χ2n) is 19.2. The van der Waals surface area contributed by atoms with Crippen LogP contribution in [0.25, 0.3) is 32.3 Å². The Morgan fingerprint density at radius 1 is 0.508 bits per heavy atom. The quantitative estimate of drug-likeness (QED) is 0.0943. The van der Waals surface area contributed by atoms with Gasteiger partial charge in [-0.3, -0.25) is 14.4 Å². The summed E-state index contributed by atoms with van der Waals surface area (Å²) in [6.07, 6.45) is 10.2. The molecule has 4 fully saturated rings. The van der Waals surface area contributed by atoms with Crippen LogP contribution in [0.3, 0.4) is 0 Å². The third kappa shape index (κ3) is 8.33. The molecule has 0 spiro atoms. The summed E-state index contributed by atoms with van der Waals surface area (Å²) in [5.74, 6) is 0.780. The summed E-state index contributed by atoms with van der Waals surface area (Å²) in [5.41, 5.74) is 6.34. The average molecular weight is 867 g/mol. The van der Waals surface area contributed by atoms with E-state index in [-0.39, 0.29) is 49.5 Å². The molecule has 6 unspecified atom stereocenters. The Morgan fingerprint density at radius 2 is 0.969 bits per heavy atom.